The van der Waals surface area contributed by atoms with Gasteiger partial charge in [-0.2, -0.15) is 0 Å². The van der Waals surface area contributed by atoms with Crippen molar-refractivity contribution in [2.75, 3.05) is 6.54 Å². The van der Waals surface area contributed by atoms with Gasteiger partial charge in [0.05, 0.1) is 0 Å². The summed E-state index contributed by atoms with van der Waals surface area (Å²) in [6.45, 7) is 4.73. The summed E-state index contributed by atoms with van der Waals surface area (Å²) < 4.78 is 19.3. The van der Waals surface area contributed by atoms with Crippen LogP contribution in [0.5, 0.6) is 11.5 Å². The summed E-state index contributed by atoms with van der Waals surface area (Å²) in [5, 5.41) is 4.21. The monoisotopic (exact) mass is 327 g/mol. The molecule has 0 amide bonds. The second kappa shape index (κ2) is 7.12. The maximum atomic E-state index is 13.5. The Kier molecular flexibility index (Phi) is 5.45. The largest absolute Gasteiger partial charge is 0.457 e. The van der Waals surface area contributed by atoms with Gasteiger partial charge in [-0.3, -0.25) is 0 Å². The minimum Gasteiger partial charge on any atom is -0.457 e. The van der Waals surface area contributed by atoms with Crippen molar-refractivity contribution in [3.05, 3.63) is 57.8 Å². The van der Waals surface area contributed by atoms with E-state index in [1.165, 1.54) is 12.1 Å². The van der Waals surface area contributed by atoms with E-state index in [0.717, 1.165) is 12.1 Å². The van der Waals surface area contributed by atoms with Crippen LogP contribution < -0.4 is 10.1 Å². The van der Waals surface area contributed by atoms with Gasteiger partial charge in [-0.05, 0) is 49.9 Å². The lowest BCUT2D eigenvalue weighted by molar-refractivity contribution is 0.460. The van der Waals surface area contributed by atoms with E-state index in [1.807, 2.05) is 13.8 Å². The second-order valence-corrected chi connectivity index (χ2v) is 5.54. The van der Waals surface area contributed by atoms with Gasteiger partial charge in [-0.1, -0.05) is 30.1 Å². The van der Waals surface area contributed by atoms with Crippen LogP contribution in [0.15, 0.2) is 36.4 Å². The van der Waals surface area contributed by atoms with E-state index in [-0.39, 0.29) is 11.9 Å². The maximum absolute atomic E-state index is 13.5. The molecule has 0 fully saturated rings. The second-order valence-electron chi connectivity index (χ2n) is 4.67. The van der Waals surface area contributed by atoms with Crippen LogP contribution in [-0.2, 0) is 0 Å². The molecule has 0 aliphatic rings. The van der Waals surface area contributed by atoms with Crippen LogP contribution in [-0.4, -0.2) is 6.54 Å². The highest BCUT2D eigenvalue weighted by molar-refractivity contribution is 6.34. The molecule has 1 atom stereocenters. The number of hydrogen-bond acceptors (Lipinski definition) is 2. The summed E-state index contributed by atoms with van der Waals surface area (Å²) in [6, 6.07) is 9.36. The van der Waals surface area contributed by atoms with Crippen LogP contribution in [0, 0.1) is 5.82 Å². The van der Waals surface area contributed by atoms with Gasteiger partial charge in [0, 0.05) is 21.7 Å². The normalized spacial score (nSPS) is 12.2. The Hall–Kier alpha value is -1.29. The smallest absolute Gasteiger partial charge is 0.132 e. The van der Waals surface area contributed by atoms with Crippen LogP contribution in [0.25, 0.3) is 0 Å². The summed E-state index contributed by atoms with van der Waals surface area (Å²) in [6.07, 6.45) is 0. The molecule has 21 heavy (non-hydrogen) atoms. The third-order valence-electron chi connectivity index (χ3n) is 3.01. The fraction of sp³-hybridized carbons (Fsp3) is 0.250. The zero-order valence-corrected chi connectivity index (χ0v) is 13.3. The van der Waals surface area contributed by atoms with Crippen LogP contribution in [0.3, 0.4) is 0 Å². The van der Waals surface area contributed by atoms with Gasteiger partial charge in [0.15, 0.2) is 0 Å². The molecule has 112 valence electrons. The van der Waals surface area contributed by atoms with Crippen LogP contribution in [0.2, 0.25) is 10.0 Å². The summed E-state index contributed by atoms with van der Waals surface area (Å²) in [7, 11) is 0. The van der Waals surface area contributed by atoms with Crippen LogP contribution in [0.4, 0.5) is 4.39 Å². The molecule has 1 unspecified atom stereocenters. The summed E-state index contributed by atoms with van der Waals surface area (Å²) >= 11 is 11.9. The average molecular weight is 328 g/mol. The van der Waals surface area contributed by atoms with E-state index < -0.39 is 0 Å². The molecule has 1 N–H and O–H groups in total. The van der Waals surface area contributed by atoms with Crippen molar-refractivity contribution in [2.45, 2.75) is 19.9 Å². The van der Waals surface area contributed by atoms with Crippen molar-refractivity contribution in [3.63, 3.8) is 0 Å². The van der Waals surface area contributed by atoms with Gasteiger partial charge < -0.3 is 10.1 Å². The Balaban J connectivity index is 2.34. The molecule has 0 heterocycles. The predicted octanol–water partition coefficient (Wildman–Crippen LogP) is 5.60. The minimum absolute atomic E-state index is 0.0321. The number of halogens is 3. The summed E-state index contributed by atoms with van der Waals surface area (Å²) in [5.41, 5.74) is 0.743. The highest BCUT2D eigenvalue weighted by Crippen LogP contribution is 2.33. The van der Waals surface area contributed by atoms with Gasteiger partial charge >= 0.3 is 0 Å². The van der Waals surface area contributed by atoms with E-state index >= 15 is 0 Å². The lowest BCUT2D eigenvalue weighted by atomic mass is 10.1. The van der Waals surface area contributed by atoms with Gasteiger partial charge in [0.1, 0.15) is 17.3 Å². The molecule has 0 aliphatic carbocycles. The van der Waals surface area contributed by atoms with Gasteiger partial charge in [-0.15, -0.1) is 0 Å². The van der Waals surface area contributed by atoms with Crippen LogP contribution in [0.1, 0.15) is 25.5 Å². The zero-order valence-electron chi connectivity index (χ0n) is 11.8. The molecule has 2 rings (SSSR count). The Morgan fingerprint density at radius 3 is 2.43 bits per heavy atom. The van der Waals surface area contributed by atoms with Gasteiger partial charge in [-0.25, -0.2) is 4.39 Å². The molecule has 0 spiro atoms. The molecule has 2 aromatic rings. The first-order valence-electron chi connectivity index (χ1n) is 6.66. The summed E-state index contributed by atoms with van der Waals surface area (Å²) in [5.74, 6) is 0.790. The van der Waals surface area contributed by atoms with Gasteiger partial charge in [0.2, 0.25) is 0 Å². The lowest BCUT2D eigenvalue weighted by Crippen LogP contribution is -2.18. The van der Waals surface area contributed by atoms with Crippen molar-refractivity contribution in [3.8, 4) is 11.5 Å². The van der Waals surface area contributed by atoms with Crippen LogP contribution >= 0.6 is 23.2 Å². The first kappa shape index (κ1) is 16.1. The quantitative estimate of drug-likeness (QED) is 0.772. The van der Waals surface area contributed by atoms with E-state index in [4.69, 9.17) is 27.9 Å². The van der Waals surface area contributed by atoms with E-state index in [1.54, 1.807) is 24.3 Å². The Morgan fingerprint density at radius 1 is 1.14 bits per heavy atom. The standard InChI is InChI=1S/C16H16Cl2FNO/c1-3-20-10(2)15-9-13(19)4-5-16(15)21-14-7-11(17)6-12(18)8-14/h4-10,20H,3H2,1-2H3. The Labute approximate surface area is 133 Å². The van der Waals surface area contributed by atoms with Crippen molar-refractivity contribution >= 4 is 23.2 Å². The van der Waals surface area contributed by atoms with Gasteiger partial charge in [0.25, 0.3) is 0 Å². The zero-order chi connectivity index (χ0) is 15.4. The van der Waals surface area contributed by atoms with E-state index in [2.05, 4.69) is 5.32 Å². The number of nitrogens with one attached hydrogen (secondary N) is 1. The maximum Gasteiger partial charge on any atom is 0.132 e. The molecule has 0 aliphatic heterocycles. The highest BCUT2D eigenvalue weighted by atomic mass is 35.5. The topological polar surface area (TPSA) is 21.3 Å². The highest BCUT2D eigenvalue weighted by Gasteiger charge is 2.13. The third kappa shape index (κ3) is 4.34. The molecule has 0 saturated carbocycles. The van der Waals surface area contributed by atoms with Crippen molar-refractivity contribution in [2.24, 2.45) is 0 Å². The fourth-order valence-electron chi connectivity index (χ4n) is 2.08. The molecule has 5 heteroatoms. The number of ether oxygens (including phenoxy) is 1. The first-order valence-corrected chi connectivity index (χ1v) is 7.42. The molecular weight excluding hydrogens is 312 g/mol. The summed E-state index contributed by atoms with van der Waals surface area (Å²) in [4.78, 5) is 0. The van der Waals surface area contributed by atoms with Crippen molar-refractivity contribution in [1.29, 1.82) is 0 Å². The average Bonchev–Trinajstić information content (AvgIpc) is 2.40. The number of benzene rings is 2. The van der Waals surface area contributed by atoms with Crippen molar-refractivity contribution < 1.29 is 9.13 Å². The third-order valence-corrected chi connectivity index (χ3v) is 3.45. The predicted molar refractivity (Wildman–Crippen MR) is 85.0 cm³/mol. The molecule has 0 bridgehead atoms. The minimum atomic E-state index is -0.300. The SMILES string of the molecule is CCNC(C)c1cc(F)ccc1Oc1cc(Cl)cc(Cl)c1. The Bertz CT molecular complexity index is 613. The molecule has 2 aromatic carbocycles. The first-order chi connectivity index (χ1) is 9.99. The lowest BCUT2D eigenvalue weighted by Gasteiger charge is -2.18. The number of hydrogen-bond donors (Lipinski definition) is 1. The van der Waals surface area contributed by atoms with E-state index in [9.17, 15) is 4.39 Å². The Morgan fingerprint density at radius 2 is 1.81 bits per heavy atom. The van der Waals surface area contributed by atoms with E-state index in [0.29, 0.717) is 21.5 Å². The molecular formula is C16H16Cl2FNO. The fourth-order valence-corrected chi connectivity index (χ4v) is 2.59. The molecule has 0 saturated heterocycles. The molecule has 2 nitrogen and oxygen atoms in total. The molecule has 0 radical (unpaired) electrons. The molecule has 0 aromatic heterocycles. The van der Waals surface area contributed by atoms with Crippen molar-refractivity contribution in [1.82, 2.24) is 5.32 Å². The number of rotatable bonds is 5.